The Morgan fingerprint density at radius 2 is 2.07 bits per heavy atom. The van der Waals surface area contributed by atoms with Crippen molar-refractivity contribution in [3.05, 3.63) is 44.4 Å². The van der Waals surface area contributed by atoms with Gasteiger partial charge in [-0.05, 0) is 35.8 Å². The number of dihydropyridines is 1. The second kappa shape index (κ2) is 8.29. The van der Waals surface area contributed by atoms with Crippen molar-refractivity contribution < 1.29 is 19.1 Å². The van der Waals surface area contributed by atoms with E-state index in [0.717, 1.165) is 61.1 Å². The standard InChI is InChI=1S/C23H30N2O4S/c1-14-19(22(27)28-4)21(20-16(24-14)10-23(2,3)11-17(20)26)18-9-15(13-30-18)12-25-5-7-29-8-6-25/h9,13,21,24H,5-8,10-12H2,1-4H3. The molecule has 0 spiro atoms. The molecule has 4 rings (SSSR count). The Bertz CT molecular complexity index is 921. The predicted molar refractivity (Wildman–Crippen MR) is 116 cm³/mol. The van der Waals surface area contributed by atoms with Gasteiger partial charge in [0.05, 0.1) is 31.8 Å². The highest BCUT2D eigenvalue weighted by molar-refractivity contribution is 7.10. The molecule has 1 saturated heterocycles. The molecule has 0 saturated carbocycles. The molecule has 1 aromatic heterocycles. The zero-order valence-corrected chi connectivity index (χ0v) is 19.0. The van der Waals surface area contributed by atoms with Gasteiger partial charge in [-0.1, -0.05) is 13.8 Å². The van der Waals surface area contributed by atoms with Crippen LogP contribution in [0.2, 0.25) is 0 Å². The maximum Gasteiger partial charge on any atom is 0.336 e. The Kier molecular flexibility index (Phi) is 5.88. The minimum Gasteiger partial charge on any atom is -0.466 e. The molecular weight excluding hydrogens is 400 g/mol. The molecule has 1 aromatic rings. The Hall–Kier alpha value is -1.96. The minimum atomic E-state index is -0.377. The average Bonchev–Trinajstić information content (AvgIpc) is 3.14. The van der Waals surface area contributed by atoms with Gasteiger partial charge in [0.2, 0.25) is 0 Å². The van der Waals surface area contributed by atoms with Crippen molar-refractivity contribution >= 4 is 23.1 Å². The molecule has 0 bridgehead atoms. The van der Waals surface area contributed by atoms with Crippen LogP contribution in [0.25, 0.3) is 0 Å². The Morgan fingerprint density at radius 3 is 2.77 bits per heavy atom. The number of hydrogen-bond acceptors (Lipinski definition) is 7. The van der Waals surface area contributed by atoms with Crippen LogP contribution in [0, 0.1) is 5.41 Å². The lowest BCUT2D eigenvalue weighted by molar-refractivity contribution is -0.136. The van der Waals surface area contributed by atoms with E-state index in [-0.39, 0.29) is 23.1 Å². The van der Waals surface area contributed by atoms with Crippen LogP contribution in [0.4, 0.5) is 0 Å². The molecule has 2 aliphatic heterocycles. The molecule has 0 aromatic carbocycles. The van der Waals surface area contributed by atoms with Gasteiger partial charge in [0.15, 0.2) is 5.78 Å². The van der Waals surface area contributed by atoms with Gasteiger partial charge in [-0.2, -0.15) is 0 Å². The Balaban J connectivity index is 1.71. The van der Waals surface area contributed by atoms with E-state index in [4.69, 9.17) is 9.47 Å². The summed E-state index contributed by atoms with van der Waals surface area (Å²) in [6.07, 6.45) is 1.28. The number of Topliss-reactive ketones (excluding diaryl/α,β-unsaturated/α-hetero) is 1. The van der Waals surface area contributed by atoms with Crippen molar-refractivity contribution in [1.29, 1.82) is 0 Å². The maximum absolute atomic E-state index is 13.2. The fraction of sp³-hybridized carbons (Fsp3) is 0.565. The first kappa shape index (κ1) is 21.3. The summed E-state index contributed by atoms with van der Waals surface area (Å²) in [6, 6.07) is 2.16. The molecule has 3 aliphatic rings. The predicted octanol–water partition coefficient (Wildman–Crippen LogP) is 3.36. The van der Waals surface area contributed by atoms with Crippen molar-refractivity contribution in [3.63, 3.8) is 0 Å². The van der Waals surface area contributed by atoms with Crippen LogP contribution in [-0.4, -0.2) is 50.1 Å². The fourth-order valence-electron chi connectivity index (χ4n) is 4.75. The molecule has 1 aliphatic carbocycles. The third kappa shape index (κ3) is 4.11. The van der Waals surface area contributed by atoms with Crippen LogP contribution < -0.4 is 5.32 Å². The molecule has 1 atom stereocenters. The summed E-state index contributed by atoms with van der Waals surface area (Å²) < 4.78 is 10.6. The largest absolute Gasteiger partial charge is 0.466 e. The van der Waals surface area contributed by atoms with Gasteiger partial charge in [-0.25, -0.2) is 4.79 Å². The van der Waals surface area contributed by atoms with Crippen molar-refractivity contribution in [2.75, 3.05) is 33.4 Å². The van der Waals surface area contributed by atoms with Gasteiger partial charge in [0, 0.05) is 47.9 Å². The highest BCUT2D eigenvalue weighted by Crippen LogP contribution is 2.48. The van der Waals surface area contributed by atoms with Gasteiger partial charge >= 0.3 is 5.97 Å². The quantitative estimate of drug-likeness (QED) is 0.739. The lowest BCUT2D eigenvalue weighted by atomic mass is 9.70. The molecule has 162 valence electrons. The van der Waals surface area contributed by atoms with Crippen LogP contribution in [0.15, 0.2) is 34.0 Å². The van der Waals surface area contributed by atoms with Gasteiger partial charge < -0.3 is 14.8 Å². The van der Waals surface area contributed by atoms with E-state index in [0.29, 0.717) is 12.0 Å². The molecule has 1 fully saturated rings. The van der Waals surface area contributed by atoms with E-state index in [1.54, 1.807) is 11.3 Å². The summed E-state index contributed by atoms with van der Waals surface area (Å²) in [5.41, 5.74) is 4.13. The Labute approximate surface area is 181 Å². The van der Waals surface area contributed by atoms with E-state index >= 15 is 0 Å². The van der Waals surface area contributed by atoms with Gasteiger partial charge in [-0.15, -0.1) is 11.3 Å². The summed E-state index contributed by atoms with van der Waals surface area (Å²) in [6.45, 7) is 10.4. The molecule has 1 N–H and O–H groups in total. The van der Waals surface area contributed by atoms with Gasteiger partial charge in [-0.3, -0.25) is 9.69 Å². The van der Waals surface area contributed by atoms with Crippen molar-refractivity contribution in [3.8, 4) is 0 Å². The monoisotopic (exact) mass is 430 g/mol. The number of carbonyl (C=O) groups excluding carboxylic acids is 2. The van der Waals surface area contributed by atoms with E-state index < -0.39 is 0 Å². The molecule has 0 amide bonds. The van der Waals surface area contributed by atoms with E-state index in [1.807, 2.05) is 6.92 Å². The molecular formula is C23H30N2O4S. The first-order valence-corrected chi connectivity index (χ1v) is 11.4. The minimum absolute atomic E-state index is 0.0898. The normalized spacial score (nSPS) is 24.5. The zero-order chi connectivity index (χ0) is 21.5. The summed E-state index contributed by atoms with van der Waals surface area (Å²) in [7, 11) is 1.40. The van der Waals surface area contributed by atoms with E-state index in [1.165, 1.54) is 12.7 Å². The van der Waals surface area contributed by atoms with E-state index in [2.05, 4.69) is 35.5 Å². The first-order chi connectivity index (χ1) is 14.3. The number of hydrogen-bond donors (Lipinski definition) is 1. The van der Waals surface area contributed by atoms with Crippen LogP contribution in [-0.2, 0) is 25.6 Å². The van der Waals surface area contributed by atoms with Crippen LogP contribution in [0.3, 0.4) is 0 Å². The van der Waals surface area contributed by atoms with Crippen LogP contribution in [0.5, 0.6) is 0 Å². The highest BCUT2D eigenvalue weighted by atomic mass is 32.1. The molecule has 6 nitrogen and oxygen atoms in total. The zero-order valence-electron chi connectivity index (χ0n) is 18.2. The molecule has 1 unspecified atom stereocenters. The number of ether oxygens (including phenoxy) is 2. The number of rotatable bonds is 4. The second-order valence-electron chi connectivity index (χ2n) is 9.17. The maximum atomic E-state index is 13.2. The van der Waals surface area contributed by atoms with Crippen molar-refractivity contribution in [1.82, 2.24) is 10.2 Å². The number of esters is 1. The molecule has 30 heavy (non-hydrogen) atoms. The molecule has 7 heteroatoms. The smallest absolute Gasteiger partial charge is 0.336 e. The van der Waals surface area contributed by atoms with E-state index in [9.17, 15) is 9.59 Å². The van der Waals surface area contributed by atoms with Crippen molar-refractivity contribution in [2.24, 2.45) is 5.41 Å². The summed E-state index contributed by atoms with van der Waals surface area (Å²) in [5.74, 6) is -0.617. The third-order valence-corrected chi connectivity index (χ3v) is 7.16. The highest BCUT2D eigenvalue weighted by Gasteiger charge is 2.43. The number of ketones is 1. The topological polar surface area (TPSA) is 67.9 Å². The number of allylic oxidation sites excluding steroid dienone is 3. The number of methoxy groups -OCH3 is 1. The first-order valence-electron chi connectivity index (χ1n) is 10.5. The number of nitrogens with zero attached hydrogens (tertiary/aromatic N) is 1. The SMILES string of the molecule is COC(=O)C1=C(C)NC2=C(C(=O)CC(C)(C)C2)C1c1cc(CN2CCOCC2)cs1. The average molecular weight is 431 g/mol. The van der Waals surface area contributed by atoms with Gasteiger partial charge in [0.1, 0.15) is 0 Å². The van der Waals surface area contributed by atoms with Crippen LogP contribution >= 0.6 is 11.3 Å². The third-order valence-electron chi connectivity index (χ3n) is 6.11. The lowest BCUT2D eigenvalue weighted by Gasteiger charge is -2.39. The van der Waals surface area contributed by atoms with Crippen molar-refractivity contribution in [2.45, 2.75) is 46.1 Å². The lowest BCUT2D eigenvalue weighted by Crippen LogP contribution is -2.38. The number of thiophene rings is 1. The molecule has 3 heterocycles. The number of morpholine rings is 1. The molecule has 0 radical (unpaired) electrons. The van der Waals surface area contributed by atoms with Crippen LogP contribution in [0.1, 0.15) is 50.0 Å². The fourth-order valence-corrected chi connectivity index (χ4v) is 5.77. The number of carbonyl (C=O) groups is 2. The Morgan fingerprint density at radius 1 is 1.33 bits per heavy atom. The number of nitrogens with one attached hydrogen (secondary N) is 1. The summed E-state index contributed by atoms with van der Waals surface area (Å²) in [4.78, 5) is 29.3. The summed E-state index contributed by atoms with van der Waals surface area (Å²) >= 11 is 1.62. The summed E-state index contributed by atoms with van der Waals surface area (Å²) in [5, 5.41) is 5.51. The van der Waals surface area contributed by atoms with Gasteiger partial charge in [0.25, 0.3) is 0 Å². The second-order valence-corrected chi connectivity index (χ2v) is 10.1.